The molecule has 0 aromatic carbocycles. The molecule has 0 aromatic rings. The first-order chi connectivity index (χ1) is 5.77. The second-order valence-corrected chi connectivity index (χ2v) is 11.2. The van der Waals surface area contributed by atoms with E-state index in [9.17, 15) is 0 Å². The zero-order valence-electron chi connectivity index (χ0n) is 11.3. The molecule has 0 saturated heterocycles. The topological polar surface area (TPSA) is 0 Å². The van der Waals surface area contributed by atoms with Gasteiger partial charge in [-0.1, -0.05) is 0 Å². The lowest BCUT2D eigenvalue weighted by Crippen LogP contribution is -2.29. The highest BCUT2D eigenvalue weighted by Crippen LogP contribution is 2.73. The average Bonchev–Trinajstić information content (AvgIpc) is 1.82. The minimum atomic E-state index is -0.784. The molecule has 0 aliphatic carbocycles. The molecule has 0 aliphatic heterocycles. The highest BCUT2D eigenvalue weighted by atomic mass is 31.2. The molecule has 4 radical (unpaired) electrons. The predicted molar refractivity (Wildman–Crippen MR) is 73.2 cm³/mol. The highest BCUT2D eigenvalue weighted by Gasteiger charge is 2.49. The van der Waals surface area contributed by atoms with E-state index in [0.717, 1.165) is 22.6 Å². The third kappa shape index (κ3) is 2.75. The van der Waals surface area contributed by atoms with Crippen molar-refractivity contribution in [3.05, 3.63) is 0 Å². The Labute approximate surface area is 94.2 Å². The van der Waals surface area contributed by atoms with Crippen molar-refractivity contribution in [1.29, 1.82) is 0 Å². The molecule has 84 valence electrons. The monoisotopic (exact) mass is 214 g/mol. The van der Waals surface area contributed by atoms with E-state index in [1.807, 2.05) is 0 Å². The summed E-state index contributed by atoms with van der Waals surface area (Å²) in [5.41, 5.74) is 3.53. The Kier molecular flexibility index (Phi) is 7.44. The van der Waals surface area contributed by atoms with Gasteiger partial charge in [0.1, 0.15) is 0 Å². The standard InChI is InChI=1S/C12H28P.B/c1-9(2)13(10(3)4,11(5)6)12(7)8;/h9-12H,1-8H3;/q+1;-1. The van der Waals surface area contributed by atoms with Gasteiger partial charge >= 0.3 is 0 Å². The van der Waals surface area contributed by atoms with Crippen molar-refractivity contribution in [3.8, 4) is 0 Å². The Morgan fingerprint density at radius 3 is 0.643 bits per heavy atom. The first kappa shape index (κ1) is 16.9. The zero-order valence-corrected chi connectivity index (χ0v) is 12.2. The molecule has 0 heterocycles. The Balaban J connectivity index is 0. The van der Waals surface area contributed by atoms with E-state index in [4.69, 9.17) is 0 Å². The van der Waals surface area contributed by atoms with Gasteiger partial charge in [-0.2, -0.15) is 0 Å². The SMILES string of the molecule is CC(C)[P+](C(C)C)(C(C)C)C(C)C.[B-]. The minimum absolute atomic E-state index is 0. The normalized spacial score (nSPS) is 12.9. The molecule has 0 aromatic heterocycles. The summed E-state index contributed by atoms with van der Waals surface area (Å²) in [7, 11) is -0.784. The molecule has 0 rings (SSSR count). The number of hydrogen-bond acceptors (Lipinski definition) is 0. The summed E-state index contributed by atoms with van der Waals surface area (Å²) in [5.74, 6) is 0. The largest absolute Gasteiger partial charge is 1.00 e. The molecule has 14 heavy (non-hydrogen) atoms. The second-order valence-electron chi connectivity index (χ2n) is 5.27. The Morgan fingerprint density at radius 1 is 0.500 bits per heavy atom. The molecule has 0 fully saturated rings. The fourth-order valence-electron chi connectivity index (χ4n) is 3.58. The van der Waals surface area contributed by atoms with Gasteiger partial charge in [0.15, 0.2) is 0 Å². The summed E-state index contributed by atoms with van der Waals surface area (Å²) in [6, 6.07) is 0. The van der Waals surface area contributed by atoms with Crippen LogP contribution in [-0.4, -0.2) is 31.0 Å². The van der Waals surface area contributed by atoms with Gasteiger partial charge < -0.3 is 8.41 Å². The first-order valence-electron chi connectivity index (χ1n) is 5.65. The molecule has 0 spiro atoms. The summed E-state index contributed by atoms with van der Waals surface area (Å²) in [6.07, 6.45) is 0. The van der Waals surface area contributed by atoms with Gasteiger partial charge in [0.2, 0.25) is 0 Å². The van der Waals surface area contributed by atoms with Crippen LogP contribution in [0.25, 0.3) is 0 Å². The van der Waals surface area contributed by atoms with Gasteiger partial charge in [-0.15, -0.1) is 0 Å². The van der Waals surface area contributed by atoms with Crippen LogP contribution >= 0.6 is 7.26 Å². The van der Waals surface area contributed by atoms with Crippen LogP contribution in [0, 0.1) is 0 Å². The first-order valence-corrected chi connectivity index (χ1v) is 7.72. The van der Waals surface area contributed by atoms with Crippen LogP contribution in [0.15, 0.2) is 0 Å². The van der Waals surface area contributed by atoms with Gasteiger partial charge in [0, 0.05) is 7.26 Å². The fraction of sp³-hybridized carbons (Fsp3) is 1.00. The molecule has 0 N–H and O–H groups in total. The molecule has 0 bridgehead atoms. The van der Waals surface area contributed by atoms with E-state index >= 15 is 0 Å². The van der Waals surface area contributed by atoms with E-state index < -0.39 is 7.26 Å². The molecule has 0 aliphatic rings. The average molecular weight is 214 g/mol. The summed E-state index contributed by atoms with van der Waals surface area (Å²) in [6.45, 7) is 19.4. The summed E-state index contributed by atoms with van der Waals surface area (Å²) >= 11 is 0. The molecular weight excluding hydrogens is 186 g/mol. The smallest absolute Gasteiger partial charge is 0.0649 e. The van der Waals surface area contributed by atoms with Crippen molar-refractivity contribution in [3.63, 3.8) is 0 Å². The Morgan fingerprint density at radius 2 is 0.643 bits per heavy atom. The van der Waals surface area contributed by atoms with Crippen molar-refractivity contribution in [2.75, 3.05) is 0 Å². The van der Waals surface area contributed by atoms with Crippen molar-refractivity contribution in [2.24, 2.45) is 0 Å². The van der Waals surface area contributed by atoms with Crippen LogP contribution in [0.4, 0.5) is 0 Å². The van der Waals surface area contributed by atoms with E-state index in [-0.39, 0.29) is 8.41 Å². The molecule has 2 heteroatoms. The van der Waals surface area contributed by atoms with Gasteiger partial charge in [0.05, 0.1) is 22.6 Å². The quantitative estimate of drug-likeness (QED) is 0.484. The molecule has 0 nitrogen and oxygen atoms in total. The van der Waals surface area contributed by atoms with Gasteiger partial charge in [-0.25, -0.2) is 0 Å². The summed E-state index contributed by atoms with van der Waals surface area (Å²) in [4.78, 5) is 0. The van der Waals surface area contributed by atoms with Crippen molar-refractivity contribution >= 4 is 15.7 Å². The van der Waals surface area contributed by atoms with Gasteiger partial charge in [0.25, 0.3) is 0 Å². The maximum atomic E-state index is 2.42. The van der Waals surface area contributed by atoms with E-state index in [1.165, 1.54) is 0 Å². The molecule has 0 amide bonds. The number of hydrogen-bond donors (Lipinski definition) is 0. The van der Waals surface area contributed by atoms with Crippen LogP contribution < -0.4 is 0 Å². The van der Waals surface area contributed by atoms with Crippen LogP contribution in [-0.2, 0) is 0 Å². The zero-order chi connectivity index (χ0) is 10.8. The third-order valence-electron chi connectivity index (χ3n) is 3.58. The predicted octanol–water partition coefficient (Wildman–Crippen LogP) is 4.26. The van der Waals surface area contributed by atoms with Crippen LogP contribution in [0.5, 0.6) is 0 Å². The molecule has 0 atom stereocenters. The van der Waals surface area contributed by atoms with Crippen molar-refractivity contribution in [1.82, 2.24) is 0 Å². The Hall–Kier alpha value is 0.495. The van der Waals surface area contributed by atoms with Crippen LogP contribution in [0.3, 0.4) is 0 Å². The molecule has 0 saturated carbocycles. The Bertz CT molecular complexity index is 113. The second kappa shape index (κ2) is 6.16. The van der Waals surface area contributed by atoms with Crippen molar-refractivity contribution in [2.45, 2.75) is 78.0 Å². The number of rotatable bonds is 4. The maximum Gasteiger partial charge on any atom is 0.0649 e. The van der Waals surface area contributed by atoms with Gasteiger partial charge in [-0.3, -0.25) is 0 Å². The van der Waals surface area contributed by atoms with E-state index in [0.29, 0.717) is 0 Å². The fourth-order valence-corrected chi connectivity index (χ4v) is 10.7. The highest BCUT2D eigenvalue weighted by molar-refractivity contribution is 7.78. The van der Waals surface area contributed by atoms with Crippen LogP contribution in [0.2, 0.25) is 0 Å². The van der Waals surface area contributed by atoms with Crippen LogP contribution in [0.1, 0.15) is 55.4 Å². The summed E-state index contributed by atoms with van der Waals surface area (Å²) < 4.78 is 0. The third-order valence-corrected chi connectivity index (χ3v) is 10.7. The van der Waals surface area contributed by atoms with Gasteiger partial charge in [-0.05, 0) is 55.4 Å². The lowest BCUT2D eigenvalue weighted by Gasteiger charge is -2.41. The molecular formula is C12H28BP. The molecule has 0 unspecified atom stereocenters. The lowest BCUT2D eigenvalue weighted by molar-refractivity contribution is 0.858. The minimum Gasteiger partial charge on any atom is -1.00 e. The lowest BCUT2D eigenvalue weighted by atomic mass is 10.5. The maximum absolute atomic E-state index is 2.42. The van der Waals surface area contributed by atoms with Crippen molar-refractivity contribution < 1.29 is 0 Å². The van der Waals surface area contributed by atoms with E-state index in [1.54, 1.807) is 0 Å². The summed E-state index contributed by atoms with van der Waals surface area (Å²) in [5, 5.41) is 0. The van der Waals surface area contributed by atoms with E-state index in [2.05, 4.69) is 55.4 Å².